The summed E-state index contributed by atoms with van der Waals surface area (Å²) in [6, 6.07) is 12.8. The van der Waals surface area contributed by atoms with Crippen LogP contribution in [0.1, 0.15) is 22.8 Å². The molecule has 19 heavy (non-hydrogen) atoms. The van der Waals surface area contributed by atoms with Gasteiger partial charge >= 0.3 is 0 Å². The molecule has 0 bridgehead atoms. The number of halogens is 2. The minimum atomic E-state index is -0.0581. The summed E-state index contributed by atoms with van der Waals surface area (Å²) < 4.78 is 7.15. The van der Waals surface area contributed by atoms with Crippen LogP contribution >= 0.6 is 31.9 Å². The Bertz CT molecular complexity index is 609. The van der Waals surface area contributed by atoms with Crippen LogP contribution in [0.15, 0.2) is 51.4 Å². The van der Waals surface area contributed by atoms with Crippen molar-refractivity contribution in [3.8, 4) is 5.75 Å². The molecule has 0 aliphatic rings. The topological polar surface area (TPSA) is 26.3 Å². The normalized spacial score (nSPS) is 10.3. The number of ketones is 1. The highest BCUT2D eigenvalue weighted by Gasteiger charge is 2.17. The van der Waals surface area contributed by atoms with Gasteiger partial charge in [0, 0.05) is 14.5 Å². The maximum Gasteiger partial charge on any atom is 0.197 e. The molecule has 0 unspecified atom stereocenters. The van der Waals surface area contributed by atoms with Crippen molar-refractivity contribution in [2.24, 2.45) is 0 Å². The Kier molecular flexibility index (Phi) is 4.77. The molecule has 0 amide bonds. The van der Waals surface area contributed by atoms with Crippen LogP contribution in [0.25, 0.3) is 0 Å². The van der Waals surface area contributed by atoms with E-state index in [2.05, 4.69) is 31.9 Å². The summed E-state index contributed by atoms with van der Waals surface area (Å²) in [7, 11) is 0. The molecule has 0 spiro atoms. The highest BCUT2D eigenvalue weighted by atomic mass is 79.9. The molecule has 0 radical (unpaired) electrons. The molecule has 0 N–H and O–H groups in total. The first-order valence-electron chi connectivity index (χ1n) is 5.85. The SMILES string of the molecule is CCOc1ccc(Br)cc1C(=O)c1ccccc1Br. The van der Waals surface area contributed by atoms with Crippen LogP contribution < -0.4 is 4.74 Å². The Morgan fingerprint density at radius 2 is 1.84 bits per heavy atom. The predicted molar refractivity (Wildman–Crippen MR) is 82.9 cm³/mol. The highest BCUT2D eigenvalue weighted by molar-refractivity contribution is 9.10. The van der Waals surface area contributed by atoms with Crippen LogP contribution in [0, 0.1) is 0 Å². The predicted octanol–water partition coefficient (Wildman–Crippen LogP) is 4.84. The minimum absolute atomic E-state index is 0.0581. The lowest BCUT2D eigenvalue weighted by molar-refractivity contribution is 0.103. The third kappa shape index (κ3) is 3.25. The molecule has 0 fully saturated rings. The van der Waals surface area contributed by atoms with Crippen LogP contribution in [0.5, 0.6) is 5.75 Å². The van der Waals surface area contributed by atoms with Crippen molar-refractivity contribution in [2.75, 3.05) is 6.61 Å². The number of hydrogen-bond acceptors (Lipinski definition) is 2. The number of benzene rings is 2. The summed E-state index contributed by atoms with van der Waals surface area (Å²) in [5.74, 6) is 0.545. The number of rotatable bonds is 4. The van der Waals surface area contributed by atoms with E-state index in [1.54, 1.807) is 18.2 Å². The van der Waals surface area contributed by atoms with Gasteiger partial charge in [0.2, 0.25) is 0 Å². The second-order valence-electron chi connectivity index (χ2n) is 3.88. The molecular weight excluding hydrogens is 372 g/mol. The Morgan fingerprint density at radius 1 is 1.11 bits per heavy atom. The second kappa shape index (κ2) is 6.35. The molecule has 4 heteroatoms. The number of carbonyl (C=O) groups excluding carboxylic acids is 1. The van der Waals surface area contributed by atoms with Gasteiger partial charge in [-0.15, -0.1) is 0 Å². The van der Waals surface area contributed by atoms with E-state index in [4.69, 9.17) is 4.74 Å². The van der Waals surface area contributed by atoms with E-state index < -0.39 is 0 Å². The van der Waals surface area contributed by atoms with E-state index in [0.29, 0.717) is 23.5 Å². The maximum atomic E-state index is 12.6. The van der Waals surface area contributed by atoms with Gasteiger partial charge < -0.3 is 4.74 Å². The Labute approximate surface area is 129 Å². The molecule has 98 valence electrons. The molecule has 0 heterocycles. The lowest BCUT2D eigenvalue weighted by atomic mass is 10.0. The number of hydrogen-bond donors (Lipinski definition) is 0. The van der Waals surface area contributed by atoms with E-state index in [-0.39, 0.29) is 5.78 Å². The third-order valence-corrected chi connectivity index (χ3v) is 3.79. The smallest absolute Gasteiger partial charge is 0.197 e. The van der Waals surface area contributed by atoms with Gasteiger partial charge in [0.1, 0.15) is 5.75 Å². The minimum Gasteiger partial charge on any atom is -0.493 e. The fourth-order valence-electron chi connectivity index (χ4n) is 1.75. The molecule has 2 aromatic carbocycles. The van der Waals surface area contributed by atoms with Gasteiger partial charge in [-0.3, -0.25) is 4.79 Å². The summed E-state index contributed by atoms with van der Waals surface area (Å²) in [4.78, 5) is 12.6. The zero-order valence-corrected chi connectivity index (χ0v) is 13.5. The fourth-order valence-corrected chi connectivity index (χ4v) is 2.58. The number of carbonyl (C=O) groups is 1. The van der Waals surface area contributed by atoms with Crippen molar-refractivity contribution in [1.29, 1.82) is 0 Å². The van der Waals surface area contributed by atoms with Gasteiger partial charge in [-0.05, 0) is 37.3 Å². The molecule has 2 rings (SSSR count). The second-order valence-corrected chi connectivity index (χ2v) is 5.65. The first-order chi connectivity index (χ1) is 9.13. The van der Waals surface area contributed by atoms with Crippen LogP contribution in [-0.4, -0.2) is 12.4 Å². The van der Waals surface area contributed by atoms with Crippen molar-refractivity contribution in [3.63, 3.8) is 0 Å². The fraction of sp³-hybridized carbons (Fsp3) is 0.133. The van der Waals surface area contributed by atoms with Gasteiger partial charge in [0.05, 0.1) is 12.2 Å². The summed E-state index contributed by atoms with van der Waals surface area (Å²) in [5, 5.41) is 0. The standard InChI is InChI=1S/C15H12Br2O2/c1-2-19-14-8-7-10(16)9-12(14)15(18)11-5-3-4-6-13(11)17/h3-9H,2H2,1H3. The van der Waals surface area contributed by atoms with E-state index in [9.17, 15) is 4.79 Å². The Hall–Kier alpha value is -1.13. The average Bonchev–Trinajstić information content (AvgIpc) is 2.41. The van der Waals surface area contributed by atoms with Crippen molar-refractivity contribution in [2.45, 2.75) is 6.92 Å². The first kappa shape index (κ1) is 14.3. The summed E-state index contributed by atoms with van der Waals surface area (Å²) in [5.41, 5.74) is 1.18. The van der Waals surface area contributed by atoms with Crippen LogP contribution in [0.4, 0.5) is 0 Å². The van der Waals surface area contributed by atoms with Gasteiger partial charge in [0.25, 0.3) is 0 Å². The molecule has 2 nitrogen and oxygen atoms in total. The highest BCUT2D eigenvalue weighted by Crippen LogP contribution is 2.28. The molecule has 0 atom stereocenters. The van der Waals surface area contributed by atoms with Crippen LogP contribution in [0.2, 0.25) is 0 Å². The summed E-state index contributed by atoms with van der Waals surface area (Å²) >= 11 is 6.79. The van der Waals surface area contributed by atoms with Crippen molar-refractivity contribution in [3.05, 3.63) is 62.5 Å². The zero-order valence-electron chi connectivity index (χ0n) is 10.3. The summed E-state index contributed by atoms with van der Waals surface area (Å²) in [6.07, 6.45) is 0. The van der Waals surface area contributed by atoms with Gasteiger partial charge in [-0.2, -0.15) is 0 Å². The largest absolute Gasteiger partial charge is 0.493 e. The monoisotopic (exact) mass is 382 g/mol. The van der Waals surface area contributed by atoms with E-state index in [0.717, 1.165) is 8.95 Å². The van der Waals surface area contributed by atoms with Gasteiger partial charge in [-0.25, -0.2) is 0 Å². The molecule has 2 aromatic rings. The molecule has 0 aliphatic heterocycles. The van der Waals surface area contributed by atoms with E-state index >= 15 is 0 Å². The third-order valence-electron chi connectivity index (χ3n) is 2.60. The maximum absolute atomic E-state index is 12.6. The lowest BCUT2D eigenvalue weighted by Crippen LogP contribution is -2.06. The summed E-state index contributed by atoms with van der Waals surface area (Å²) in [6.45, 7) is 2.42. The lowest BCUT2D eigenvalue weighted by Gasteiger charge is -2.10. The number of ether oxygens (including phenoxy) is 1. The zero-order chi connectivity index (χ0) is 13.8. The van der Waals surface area contributed by atoms with E-state index in [1.165, 1.54) is 0 Å². The quantitative estimate of drug-likeness (QED) is 0.706. The van der Waals surface area contributed by atoms with Crippen LogP contribution in [-0.2, 0) is 0 Å². The van der Waals surface area contributed by atoms with Crippen molar-refractivity contribution < 1.29 is 9.53 Å². The molecule has 0 saturated heterocycles. The average molecular weight is 384 g/mol. The Morgan fingerprint density at radius 3 is 2.53 bits per heavy atom. The van der Waals surface area contributed by atoms with Gasteiger partial charge in [0.15, 0.2) is 5.78 Å². The van der Waals surface area contributed by atoms with Crippen molar-refractivity contribution >= 4 is 37.6 Å². The van der Waals surface area contributed by atoms with E-state index in [1.807, 2.05) is 31.2 Å². The molecule has 0 saturated carbocycles. The molecular formula is C15H12Br2O2. The van der Waals surface area contributed by atoms with Crippen LogP contribution in [0.3, 0.4) is 0 Å². The first-order valence-corrected chi connectivity index (χ1v) is 7.43. The van der Waals surface area contributed by atoms with Gasteiger partial charge in [-0.1, -0.05) is 44.0 Å². The molecule has 0 aromatic heterocycles. The Balaban J connectivity index is 2.49. The van der Waals surface area contributed by atoms with Crippen molar-refractivity contribution in [1.82, 2.24) is 0 Å². The molecule has 0 aliphatic carbocycles.